The fourth-order valence-electron chi connectivity index (χ4n) is 2.00. The number of rotatable bonds is 7. The van der Waals surface area contributed by atoms with Gasteiger partial charge in [0.15, 0.2) is 0 Å². The zero-order valence-electron chi connectivity index (χ0n) is 11.1. The van der Waals surface area contributed by atoms with Crippen LogP contribution in [0.3, 0.4) is 0 Å². The van der Waals surface area contributed by atoms with Crippen LogP contribution in [0.25, 0.3) is 0 Å². The summed E-state index contributed by atoms with van der Waals surface area (Å²) in [4.78, 5) is 29.4. The molecule has 0 bridgehead atoms. The van der Waals surface area contributed by atoms with Crippen molar-refractivity contribution in [1.82, 2.24) is 9.96 Å². The highest BCUT2D eigenvalue weighted by atomic mass is 16.7. The number of aliphatic carboxylic acids is 1. The molecule has 104 valence electrons. The predicted molar refractivity (Wildman–Crippen MR) is 65.9 cm³/mol. The minimum absolute atomic E-state index is 0.0250. The zero-order chi connectivity index (χ0) is 13.5. The summed E-state index contributed by atoms with van der Waals surface area (Å²) in [7, 11) is 3.84. The van der Waals surface area contributed by atoms with Crippen molar-refractivity contribution >= 4 is 11.9 Å². The second-order valence-corrected chi connectivity index (χ2v) is 4.77. The van der Waals surface area contributed by atoms with Gasteiger partial charge in [-0.15, -0.1) is 0 Å². The molecule has 0 aromatic carbocycles. The van der Waals surface area contributed by atoms with Crippen molar-refractivity contribution in [3.63, 3.8) is 0 Å². The van der Waals surface area contributed by atoms with Crippen molar-refractivity contribution in [2.24, 2.45) is 0 Å². The molecule has 1 N–H and O–H groups in total. The third-order valence-corrected chi connectivity index (χ3v) is 3.15. The molecule has 1 fully saturated rings. The predicted octanol–water partition coefficient (Wildman–Crippen LogP) is 0.725. The molecule has 1 rings (SSSR count). The van der Waals surface area contributed by atoms with Gasteiger partial charge >= 0.3 is 5.97 Å². The minimum Gasteiger partial charge on any atom is -0.481 e. The van der Waals surface area contributed by atoms with E-state index in [1.54, 1.807) is 0 Å². The Balaban J connectivity index is 2.36. The first-order valence-corrected chi connectivity index (χ1v) is 6.32. The number of hydrogen-bond acceptors (Lipinski definition) is 4. The van der Waals surface area contributed by atoms with E-state index in [9.17, 15) is 9.59 Å². The highest BCUT2D eigenvalue weighted by molar-refractivity contribution is 5.75. The Morgan fingerprint density at radius 2 is 2.22 bits per heavy atom. The molecule has 1 atom stereocenters. The molecular weight excluding hydrogens is 236 g/mol. The molecule has 0 radical (unpaired) electrons. The second kappa shape index (κ2) is 7.33. The van der Waals surface area contributed by atoms with Gasteiger partial charge in [-0.05, 0) is 33.4 Å². The number of hydroxylamine groups is 2. The lowest BCUT2D eigenvalue weighted by Crippen LogP contribution is -2.39. The van der Waals surface area contributed by atoms with Gasteiger partial charge in [-0.3, -0.25) is 14.4 Å². The van der Waals surface area contributed by atoms with Crippen LogP contribution >= 0.6 is 0 Å². The molecule has 1 unspecified atom stereocenters. The van der Waals surface area contributed by atoms with Gasteiger partial charge in [-0.1, -0.05) is 0 Å². The standard InChI is InChI=1S/C12H22N2O4/c1-13(2)10(5-6-12(16)17)7-8-14-11(15)4-3-9-18-14/h10H,3-9H2,1-2H3,(H,16,17). The van der Waals surface area contributed by atoms with Crippen LogP contribution in [0.5, 0.6) is 0 Å². The van der Waals surface area contributed by atoms with Crippen LogP contribution in [0, 0.1) is 0 Å². The molecule has 1 aliphatic heterocycles. The summed E-state index contributed by atoms with van der Waals surface area (Å²) < 4.78 is 0. The van der Waals surface area contributed by atoms with E-state index in [1.807, 2.05) is 19.0 Å². The van der Waals surface area contributed by atoms with Crippen LogP contribution in [0.15, 0.2) is 0 Å². The summed E-state index contributed by atoms with van der Waals surface area (Å²) in [6, 6.07) is 0.152. The van der Waals surface area contributed by atoms with Crippen molar-refractivity contribution < 1.29 is 19.5 Å². The zero-order valence-corrected chi connectivity index (χ0v) is 11.1. The fraction of sp³-hybridized carbons (Fsp3) is 0.833. The van der Waals surface area contributed by atoms with Crippen LogP contribution in [-0.4, -0.2) is 60.2 Å². The number of amides is 1. The molecule has 0 spiro atoms. The molecule has 1 amide bonds. The molecule has 6 heteroatoms. The number of carboxylic acid groups (broad SMARTS) is 1. The molecule has 0 aliphatic carbocycles. The molecule has 0 saturated carbocycles. The number of hydrogen-bond donors (Lipinski definition) is 1. The van der Waals surface area contributed by atoms with E-state index < -0.39 is 5.97 Å². The molecule has 0 aromatic heterocycles. The van der Waals surface area contributed by atoms with E-state index in [-0.39, 0.29) is 18.4 Å². The first-order chi connectivity index (χ1) is 8.50. The summed E-state index contributed by atoms with van der Waals surface area (Å²) in [6.07, 6.45) is 2.79. The monoisotopic (exact) mass is 258 g/mol. The Labute approximate surface area is 107 Å². The van der Waals surface area contributed by atoms with Crippen LogP contribution in [0.1, 0.15) is 32.1 Å². The Morgan fingerprint density at radius 1 is 1.50 bits per heavy atom. The van der Waals surface area contributed by atoms with Gasteiger partial charge in [-0.25, -0.2) is 5.06 Å². The SMILES string of the molecule is CN(C)C(CCC(=O)O)CCN1OCCCC1=O. The van der Waals surface area contributed by atoms with E-state index in [4.69, 9.17) is 9.94 Å². The molecule has 1 saturated heterocycles. The smallest absolute Gasteiger partial charge is 0.303 e. The average Bonchev–Trinajstić information content (AvgIpc) is 2.30. The maximum Gasteiger partial charge on any atom is 0.303 e. The minimum atomic E-state index is -0.785. The molecular formula is C12H22N2O4. The van der Waals surface area contributed by atoms with Crippen molar-refractivity contribution in [3.8, 4) is 0 Å². The van der Waals surface area contributed by atoms with Crippen LogP contribution in [0.2, 0.25) is 0 Å². The number of carbonyl (C=O) groups is 2. The lowest BCUT2D eigenvalue weighted by Gasteiger charge is -2.29. The van der Waals surface area contributed by atoms with Crippen molar-refractivity contribution in [2.75, 3.05) is 27.2 Å². The third kappa shape index (κ3) is 5.01. The van der Waals surface area contributed by atoms with Crippen LogP contribution in [-0.2, 0) is 14.4 Å². The lowest BCUT2D eigenvalue weighted by atomic mass is 10.1. The molecule has 1 aliphatic rings. The maximum atomic E-state index is 11.5. The van der Waals surface area contributed by atoms with Gasteiger partial charge in [0.05, 0.1) is 13.2 Å². The van der Waals surface area contributed by atoms with Crippen molar-refractivity contribution in [1.29, 1.82) is 0 Å². The van der Waals surface area contributed by atoms with Gasteiger partial charge in [0.2, 0.25) is 5.91 Å². The largest absolute Gasteiger partial charge is 0.481 e. The highest BCUT2D eigenvalue weighted by Crippen LogP contribution is 2.13. The third-order valence-electron chi connectivity index (χ3n) is 3.15. The second-order valence-electron chi connectivity index (χ2n) is 4.77. The molecule has 18 heavy (non-hydrogen) atoms. The van der Waals surface area contributed by atoms with E-state index in [2.05, 4.69) is 0 Å². The Kier molecular flexibility index (Phi) is 6.07. The number of nitrogens with zero attached hydrogens (tertiary/aromatic N) is 2. The van der Waals surface area contributed by atoms with Gasteiger partial charge in [0.1, 0.15) is 0 Å². The lowest BCUT2D eigenvalue weighted by molar-refractivity contribution is -0.199. The maximum absolute atomic E-state index is 11.5. The topological polar surface area (TPSA) is 70.1 Å². The van der Waals surface area contributed by atoms with E-state index >= 15 is 0 Å². The summed E-state index contributed by atoms with van der Waals surface area (Å²) in [5.41, 5.74) is 0. The summed E-state index contributed by atoms with van der Waals surface area (Å²) in [5, 5.41) is 10.1. The fourth-order valence-corrected chi connectivity index (χ4v) is 2.00. The number of carboxylic acids is 1. The Morgan fingerprint density at radius 3 is 2.78 bits per heavy atom. The molecule has 1 heterocycles. The Hall–Kier alpha value is -1.14. The molecule has 0 aromatic rings. The van der Waals surface area contributed by atoms with E-state index in [1.165, 1.54) is 5.06 Å². The quantitative estimate of drug-likeness (QED) is 0.729. The van der Waals surface area contributed by atoms with Crippen LogP contribution < -0.4 is 0 Å². The first-order valence-electron chi connectivity index (χ1n) is 6.32. The van der Waals surface area contributed by atoms with Gasteiger partial charge in [0.25, 0.3) is 0 Å². The summed E-state index contributed by atoms with van der Waals surface area (Å²) in [6.45, 7) is 1.12. The van der Waals surface area contributed by atoms with E-state index in [0.717, 1.165) is 12.8 Å². The summed E-state index contributed by atoms with van der Waals surface area (Å²) in [5.74, 6) is -0.760. The molecule has 6 nitrogen and oxygen atoms in total. The van der Waals surface area contributed by atoms with Gasteiger partial charge in [-0.2, -0.15) is 0 Å². The first kappa shape index (κ1) is 14.9. The summed E-state index contributed by atoms with van der Waals surface area (Å²) >= 11 is 0. The number of carbonyl (C=O) groups excluding carboxylic acids is 1. The van der Waals surface area contributed by atoms with Crippen LogP contribution in [0.4, 0.5) is 0 Å². The van der Waals surface area contributed by atoms with Crippen molar-refractivity contribution in [2.45, 2.75) is 38.1 Å². The average molecular weight is 258 g/mol. The normalized spacial score (nSPS) is 18.2. The van der Waals surface area contributed by atoms with Gasteiger partial charge in [0, 0.05) is 18.9 Å². The van der Waals surface area contributed by atoms with Crippen molar-refractivity contribution in [3.05, 3.63) is 0 Å². The highest BCUT2D eigenvalue weighted by Gasteiger charge is 2.21. The van der Waals surface area contributed by atoms with Gasteiger partial charge < -0.3 is 10.0 Å². The Bertz CT molecular complexity index is 294. The van der Waals surface area contributed by atoms with E-state index in [0.29, 0.717) is 26.0 Å².